The van der Waals surface area contributed by atoms with Crippen molar-refractivity contribution in [1.82, 2.24) is 13.5 Å². The number of hydrogen-bond acceptors (Lipinski definition) is 5. The van der Waals surface area contributed by atoms with E-state index in [0.29, 0.717) is 13.1 Å². The summed E-state index contributed by atoms with van der Waals surface area (Å²) < 4.78 is 55.1. The molecule has 7 nitrogen and oxygen atoms in total. The van der Waals surface area contributed by atoms with Crippen molar-refractivity contribution >= 4 is 30.8 Å². The van der Waals surface area contributed by atoms with Crippen molar-refractivity contribution in [3.8, 4) is 0 Å². The molecule has 29 heavy (non-hydrogen) atoms. The Kier molecular flexibility index (Phi) is 5.00. The smallest absolute Gasteiger partial charge is 0.207 e. The van der Waals surface area contributed by atoms with E-state index in [2.05, 4.69) is 5.10 Å². The highest BCUT2D eigenvalue weighted by molar-refractivity contribution is 7.90. The standard InChI is InChI=1S/C20H23N3O4S2/c1-15-20(29(26,27)22-12-6-3-7-13-22)16(2)23(21-15)28(24,25)19-11-10-17-8-4-5-9-18(17)14-19/h4-5,8-11,14H,3,6-7,12-13H2,1-2H3. The van der Waals surface area contributed by atoms with Crippen molar-refractivity contribution in [3.63, 3.8) is 0 Å². The third-order valence-electron chi connectivity index (χ3n) is 5.34. The highest BCUT2D eigenvalue weighted by Gasteiger charge is 2.34. The quantitative estimate of drug-likeness (QED) is 0.631. The number of nitrogens with zero attached hydrogens (tertiary/aromatic N) is 3. The molecule has 0 saturated carbocycles. The second kappa shape index (κ2) is 7.23. The molecule has 9 heteroatoms. The van der Waals surface area contributed by atoms with Gasteiger partial charge in [0, 0.05) is 13.1 Å². The summed E-state index contributed by atoms with van der Waals surface area (Å²) in [5.41, 5.74) is 0.304. The summed E-state index contributed by atoms with van der Waals surface area (Å²) in [6, 6.07) is 12.3. The Bertz CT molecular complexity index is 1290. The van der Waals surface area contributed by atoms with Gasteiger partial charge in [-0.05, 0) is 49.6 Å². The maximum Gasteiger partial charge on any atom is 0.283 e. The first-order valence-electron chi connectivity index (χ1n) is 9.54. The maximum absolute atomic E-state index is 13.3. The highest BCUT2D eigenvalue weighted by Crippen LogP contribution is 2.29. The topological polar surface area (TPSA) is 89.3 Å². The van der Waals surface area contributed by atoms with Crippen LogP contribution in [0.4, 0.5) is 0 Å². The Hall–Kier alpha value is -2.23. The summed E-state index contributed by atoms with van der Waals surface area (Å²) in [4.78, 5) is 0.0625. The fraction of sp³-hybridized carbons (Fsp3) is 0.350. The lowest BCUT2D eigenvalue weighted by Gasteiger charge is -2.25. The molecule has 0 spiro atoms. The summed E-state index contributed by atoms with van der Waals surface area (Å²) in [5, 5.41) is 5.83. The van der Waals surface area contributed by atoms with E-state index in [4.69, 9.17) is 0 Å². The monoisotopic (exact) mass is 433 g/mol. The van der Waals surface area contributed by atoms with Crippen LogP contribution in [0.2, 0.25) is 0 Å². The number of rotatable bonds is 4. The Morgan fingerprint density at radius 1 is 0.828 bits per heavy atom. The molecule has 4 rings (SSSR count). The van der Waals surface area contributed by atoms with Crippen LogP contribution < -0.4 is 0 Å². The summed E-state index contributed by atoms with van der Waals surface area (Å²) in [6.07, 6.45) is 2.61. The molecule has 1 aromatic heterocycles. The summed E-state index contributed by atoms with van der Waals surface area (Å²) in [6.45, 7) is 3.93. The van der Waals surface area contributed by atoms with Crippen molar-refractivity contribution < 1.29 is 16.8 Å². The van der Waals surface area contributed by atoms with Crippen LogP contribution in [0.15, 0.2) is 52.3 Å². The van der Waals surface area contributed by atoms with Gasteiger partial charge in [-0.3, -0.25) is 0 Å². The van der Waals surface area contributed by atoms with Gasteiger partial charge in [0.1, 0.15) is 4.90 Å². The zero-order valence-corrected chi connectivity index (χ0v) is 18.0. The molecule has 1 saturated heterocycles. The van der Waals surface area contributed by atoms with Crippen molar-refractivity contribution in [2.75, 3.05) is 13.1 Å². The minimum Gasteiger partial charge on any atom is -0.207 e. The normalized spacial score (nSPS) is 16.3. The van der Waals surface area contributed by atoms with Crippen LogP contribution in [-0.2, 0) is 20.0 Å². The third-order valence-corrected chi connectivity index (χ3v) is 9.16. The van der Waals surface area contributed by atoms with Crippen LogP contribution in [0.1, 0.15) is 30.7 Å². The van der Waals surface area contributed by atoms with E-state index in [1.54, 1.807) is 12.1 Å². The molecular weight excluding hydrogens is 410 g/mol. The molecule has 0 unspecified atom stereocenters. The Morgan fingerprint density at radius 3 is 2.17 bits per heavy atom. The highest BCUT2D eigenvalue weighted by atomic mass is 32.2. The zero-order valence-electron chi connectivity index (χ0n) is 16.4. The van der Waals surface area contributed by atoms with Gasteiger partial charge in [-0.1, -0.05) is 36.8 Å². The first-order valence-corrected chi connectivity index (χ1v) is 12.4. The van der Waals surface area contributed by atoms with E-state index in [0.717, 1.165) is 34.1 Å². The predicted octanol–water partition coefficient (Wildman–Crippen LogP) is 3.06. The van der Waals surface area contributed by atoms with Gasteiger partial charge in [-0.25, -0.2) is 8.42 Å². The Balaban J connectivity index is 1.82. The number of fused-ring (bicyclic) bond motifs is 1. The van der Waals surface area contributed by atoms with E-state index < -0.39 is 20.0 Å². The van der Waals surface area contributed by atoms with Crippen molar-refractivity contribution in [3.05, 3.63) is 53.9 Å². The molecule has 2 aromatic carbocycles. The average molecular weight is 434 g/mol. The summed E-state index contributed by atoms with van der Waals surface area (Å²) in [7, 11) is -7.83. The summed E-state index contributed by atoms with van der Waals surface area (Å²) >= 11 is 0. The molecule has 0 atom stereocenters. The van der Waals surface area contributed by atoms with Gasteiger partial charge in [-0.15, -0.1) is 0 Å². The van der Waals surface area contributed by atoms with Gasteiger partial charge in [0.25, 0.3) is 10.0 Å². The number of sulfonamides is 1. The molecule has 0 bridgehead atoms. The molecule has 3 aromatic rings. The van der Waals surface area contributed by atoms with E-state index in [-0.39, 0.29) is 21.2 Å². The zero-order chi connectivity index (χ0) is 20.8. The fourth-order valence-electron chi connectivity index (χ4n) is 3.87. The first kappa shape index (κ1) is 20.1. The van der Waals surface area contributed by atoms with Crippen molar-refractivity contribution in [2.45, 2.75) is 42.9 Å². The van der Waals surface area contributed by atoms with E-state index >= 15 is 0 Å². The van der Waals surface area contributed by atoms with Crippen LogP contribution in [0.3, 0.4) is 0 Å². The molecule has 1 fully saturated rings. The number of piperidine rings is 1. The van der Waals surface area contributed by atoms with Gasteiger partial charge in [0.2, 0.25) is 10.0 Å². The molecule has 0 radical (unpaired) electrons. The molecule has 1 aliphatic rings. The molecule has 0 aliphatic carbocycles. The van der Waals surface area contributed by atoms with E-state index in [9.17, 15) is 16.8 Å². The molecule has 1 aliphatic heterocycles. The Morgan fingerprint density at radius 2 is 1.48 bits per heavy atom. The lowest BCUT2D eigenvalue weighted by atomic mass is 10.1. The van der Waals surface area contributed by atoms with Gasteiger partial charge in [-0.2, -0.15) is 21.9 Å². The van der Waals surface area contributed by atoms with Gasteiger partial charge >= 0.3 is 0 Å². The van der Waals surface area contributed by atoms with Gasteiger partial charge in [0.05, 0.1) is 16.3 Å². The minimum absolute atomic E-state index is 0.0104. The van der Waals surface area contributed by atoms with E-state index in [1.165, 1.54) is 24.2 Å². The maximum atomic E-state index is 13.3. The molecule has 0 amide bonds. The first-order chi connectivity index (χ1) is 13.7. The van der Waals surface area contributed by atoms with Gasteiger partial charge in [0.15, 0.2) is 0 Å². The van der Waals surface area contributed by atoms with Crippen LogP contribution in [0.25, 0.3) is 10.8 Å². The van der Waals surface area contributed by atoms with Crippen LogP contribution >= 0.6 is 0 Å². The van der Waals surface area contributed by atoms with E-state index in [1.807, 2.05) is 24.3 Å². The van der Waals surface area contributed by atoms with Crippen LogP contribution in [-0.4, -0.2) is 43.4 Å². The van der Waals surface area contributed by atoms with Crippen molar-refractivity contribution in [2.24, 2.45) is 0 Å². The number of aryl methyl sites for hydroxylation is 1. The lowest BCUT2D eigenvalue weighted by Crippen LogP contribution is -2.36. The van der Waals surface area contributed by atoms with Crippen LogP contribution in [0.5, 0.6) is 0 Å². The molecule has 154 valence electrons. The minimum atomic E-state index is -4.03. The van der Waals surface area contributed by atoms with Gasteiger partial charge < -0.3 is 0 Å². The SMILES string of the molecule is Cc1nn(S(=O)(=O)c2ccc3ccccc3c2)c(C)c1S(=O)(=O)N1CCCCC1. The molecular formula is C20H23N3O4S2. The Labute approximate surface area is 171 Å². The number of benzene rings is 2. The number of hydrogen-bond donors (Lipinski definition) is 0. The second-order valence-corrected chi connectivity index (χ2v) is 11.0. The fourth-order valence-corrected chi connectivity index (χ4v) is 7.20. The van der Waals surface area contributed by atoms with Crippen molar-refractivity contribution in [1.29, 1.82) is 0 Å². The predicted molar refractivity (Wildman–Crippen MR) is 111 cm³/mol. The third kappa shape index (κ3) is 3.37. The van der Waals surface area contributed by atoms with Crippen LogP contribution in [0, 0.1) is 13.8 Å². The lowest BCUT2D eigenvalue weighted by molar-refractivity contribution is 0.346. The second-order valence-electron chi connectivity index (χ2n) is 7.32. The summed E-state index contributed by atoms with van der Waals surface area (Å²) in [5.74, 6) is 0. The largest absolute Gasteiger partial charge is 0.283 e. The average Bonchev–Trinajstić information content (AvgIpc) is 3.03. The molecule has 2 heterocycles. The number of aromatic nitrogens is 2. The molecule has 0 N–H and O–H groups in total.